The van der Waals surface area contributed by atoms with E-state index in [4.69, 9.17) is 9.88 Å². The van der Waals surface area contributed by atoms with E-state index in [2.05, 4.69) is 5.32 Å². The molecular weight excluding hydrogens is 374 g/mol. The van der Waals surface area contributed by atoms with E-state index in [9.17, 15) is 22.8 Å². The fourth-order valence-corrected chi connectivity index (χ4v) is 3.63. The lowest BCUT2D eigenvalue weighted by molar-refractivity contribution is -0.151. The number of ether oxygens (including phenoxy) is 1. The number of nitrogens with one attached hydrogen (secondary N) is 1. The average Bonchev–Trinajstić information content (AvgIpc) is 2.95. The van der Waals surface area contributed by atoms with Crippen molar-refractivity contribution in [1.82, 2.24) is 4.90 Å². The first-order chi connectivity index (χ1) is 12.5. The van der Waals surface area contributed by atoms with Gasteiger partial charge in [-0.05, 0) is 38.5 Å². The molecule has 10 heteroatoms. The quantitative estimate of drug-likeness (QED) is 0.666. The van der Waals surface area contributed by atoms with Gasteiger partial charge < -0.3 is 15.0 Å². The van der Waals surface area contributed by atoms with Gasteiger partial charge in [0.25, 0.3) is 5.91 Å². The van der Waals surface area contributed by atoms with Gasteiger partial charge in [-0.2, -0.15) is 0 Å². The van der Waals surface area contributed by atoms with Crippen molar-refractivity contribution in [2.24, 2.45) is 11.1 Å². The molecule has 0 radical (unpaired) electrons. The molecule has 1 heterocycles. The number of amides is 2. The van der Waals surface area contributed by atoms with Crippen LogP contribution in [0.5, 0.6) is 0 Å². The Bertz CT molecular complexity index is 865. The maximum Gasteiger partial charge on any atom is 0.311 e. The lowest BCUT2D eigenvalue weighted by Crippen LogP contribution is -2.33. The van der Waals surface area contributed by atoms with Crippen LogP contribution in [0.3, 0.4) is 0 Å². The molecular formula is C17H23N3O6S. The van der Waals surface area contributed by atoms with Gasteiger partial charge in [-0.25, -0.2) is 13.6 Å². The summed E-state index contributed by atoms with van der Waals surface area (Å²) in [6.07, 6.45) is 0.0638. The maximum absolute atomic E-state index is 12.1. The van der Waals surface area contributed by atoms with Crippen LogP contribution in [0.1, 0.15) is 25.8 Å². The lowest BCUT2D eigenvalue weighted by atomic mass is 10.1. The lowest BCUT2D eigenvalue weighted by Gasteiger charge is -2.20. The first kappa shape index (κ1) is 20.8. The minimum Gasteiger partial charge on any atom is -0.455 e. The van der Waals surface area contributed by atoms with Crippen LogP contribution in [0.15, 0.2) is 23.1 Å². The van der Waals surface area contributed by atoms with Crippen molar-refractivity contribution in [1.29, 1.82) is 0 Å². The average molecular weight is 397 g/mol. The number of hydrogen-bond donors (Lipinski definition) is 2. The van der Waals surface area contributed by atoms with Gasteiger partial charge in [-0.15, -0.1) is 0 Å². The smallest absolute Gasteiger partial charge is 0.311 e. The summed E-state index contributed by atoms with van der Waals surface area (Å²) in [5.41, 5.74) is 0.662. The third-order valence-electron chi connectivity index (χ3n) is 4.24. The van der Waals surface area contributed by atoms with E-state index in [1.807, 2.05) is 13.8 Å². The van der Waals surface area contributed by atoms with Crippen molar-refractivity contribution >= 4 is 33.5 Å². The molecule has 1 unspecified atom stereocenters. The predicted octanol–water partition coefficient (Wildman–Crippen LogP) is 0.381. The number of carbonyl (C=O) groups excluding carboxylic acids is 3. The summed E-state index contributed by atoms with van der Waals surface area (Å²) >= 11 is 0. The highest BCUT2D eigenvalue weighted by Gasteiger charge is 2.36. The number of nitrogens with zero attached hydrogens (tertiary/aromatic N) is 1. The number of nitrogens with two attached hydrogens (primary N) is 1. The summed E-state index contributed by atoms with van der Waals surface area (Å²) in [7, 11) is -3.92. The largest absolute Gasteiger partial charge is 0.455 e. The number of rotatable bonds is 6. The molecule has 1 aliphatic rings. The predicted molar refractivity (Wildman–Crippen MR) is 97.1 cm³/mol. The van der Waals surface area contributed by atoms with Crippen molar-refractivity contribution in [2.75, 3.05) is 18.5 Å². The Balaban J connectivity index is 1.92. The second-order valence-electron chi connectivity index (χ2n) is 6.72. The molecule has 148 valence electrons. The van der Waals surface area contributed by atoms with Crippen LogP contribution >= 0.6 is 0 Å². The van der Waals surface area contributed by atoms with Crippen LogP contribution in [0.25, 0.3) is 0 Å². The van der Waals surface area contributed by atoms with Gasteiger partial charge in [0.15, 0.2) is 6.61 Å². The Kier molecular flexibility index (Phi) is 6.22. The van der Waals surface area contributed by atoms with Crippen molar-refractivity contribution in [2.45, 2.75) is 38.1 Å². The molecule has 0 aliphatic carbocycles. The van der Waals surface area contributed by atoms with Gasteiger partial charge in [0.05, 0.1) is 10.8 Å². The zero-order valence-electron chi connectivity index (χ0n) is 15.4. The molecule has 0 saturated carbocycles. The van der Waals surface area contributed by atoms with E-state index in [0.29, 0.717) is 5.56 Å². The zero-order valence-corrected chi connectivity index (χ0v) is 16.2. The van der Waals surface area contributed by atoms with E-state index in [-0.39, 0.29) is 35.5 Å². The minimum absolute atomic E-state index is 0.00634. The molecule has 9 nitrogen and oxygen atoms in total. The molecule has 1 fully saturated rings. The second-order valence-corrected chi connectivity index (χ2v) is 8.25. The van der Waals surface area contributed by atoms with Crippen LogP contribution in [0.2, 0.25) is 0 Å². The SMILES string of the molecule is Cc1ccc(NC(=O)COC(=O)C2CC(=O)N(C(C)C)C2)cc1S(N)(=O)=O. The van der Waals surface area contributed by atoms with E-state index < -0.39 is 34.4 Å². The third-order valence-corrected chi connectivity index (χ3v) is 5.29. The first-order valence-corrected chi connectivity index (χ1v) is 9.93. The number of carbonyl (C=O) groups is 3. The monoisotopic (exact) mass is 397 g/mol. The summed E-state index contributed by atoms with van der Waals surface area (Å²) in [6, 6.07) is 4.25. The van der Waals surface area contributed by atoms with Gasteiger partial charge in [0.1, 0.15) is 0 Å². The number of primary sulfonamides is 1. The number of anilines is 1. The van der Waals surface area contributed by atoms with Crippen molar-refractivity contribution in [3.8, 4) is 0 Å². The van der Waals surface area contributed by atoms with Gasteiger partial charge in [0, 0.05) is 24.7 Å². The van der Waals surface area contributed by atoms with E-state index in [1.165, 1.54) is 18.2 Å². The van der Waals surface area contributed by atoms with Crippen LogP contribution in [-0.2, 0) is 29.1 Å². The van der Waals surface area contributed by atoms with Gasteiger partial charge in [-0.1, -0.05) is 6.07 Å². The standard InChI is InChI=1S/C17H23N3O6S/c1-10(2)20-8-12(6-16(20)22)17(23)26-9-15(21)19-13-5-4-11(3)14(7-13)27(18,24)25/h4-5,7,10,12H,6,8-9H2,1-3H3,(H,19,21)(H2,18,24,25). The molecule has 2 amide bonds. The highest BCUT2D eigenvalue weighted by Crippen LogP contribution is 2.21. The molecule has 1 aromatic carbocycles. The topological polar surface area (TPSA) is 136 Å². The summed E-state index contributed by atoms with van der Waals surface area (Å²) < 4.78 is 28.0. The molecule has 0 spiro atoms. The fourth-order valence-electron chi connectivity index (χ4n) is 2.82. The molecule has 3 N–H and O–H groups in total. The Morgan fingerprint density at radius 3 is 2.59 bits per heavy atom. The number of benzene rings is 1. The molecule has 1 aromatic rings. The summed E-state index contributed by atoms with van der Waals surface area (Å²) in [5, 5.41) is 7.58. The van der Waals surface area contributed by atoms with Crippen LogP contribution in [0.4, 0.5) is 5.69 Å². The van der Waals surface area contributed by atoms with E-state index in [0.717, 1.165) is 0 Å². The van der Waals surface area contributed by atoms with Gasteiger partial charge in [0.2, 0.25) is 15.9 Å². The summed E-state index contributed by atoms with van der Waals surface area (Å²) in [4.78, 5) is 37.4. The highest BCUT2D eigenvalue weighted by atomic mass is 32.2. The maximum atomic E-state index is 12.1. The van der Waals surface area contributed by atoms with Crippen LogP contribution < -0.4 is 10.5 Å². The summed E-state index contributed by atoms with van der Waals surface area (Å²) in [6.45, 7) is 5.03. The number of hydrogen-bond acceptors (Lipinski definition) is 6. The Hall–Kier alpha value is -2.46. The minimum atomic E-state index is -3.92. The molecule has 27 heavy (non-hydrogen) atoms. The zero-order chi connectivity index (χ0) is 20.4. The Morgan fingerprint density at radius 2 is 2.04 bits per heavy atom. The molecule has 1 saturated heterocycles. The number of esters is 1. The summed E-state index contributed by atoms with van der Waals surface area (Å²) in [5.74, 6) is -1.96. The van der Waals surface area contributed by atoms with Gasteiger partial charge in [-0.3, -0.25) is 14.4 Å². The van der Waals surface area contributed by atoms with Crippen molar-refractivity contribution in [3.05, 3.63) is 23.8 Å². The molecule has 1 aliphatic heterocycles. The van der Waals surface area contributed by atoms with E-state index >= 15 is 0 Å². The van der Waals surface area contributed by atoms with Crippen molar-refractivity contribution < 1.29 is 27.5 Å². The highest BCUT2D eigenvalue weighted by molar-refractivity contribution is 7.89. The normalized spacial score (nSPS) is 17.3. The second kappa shape index (κ2) is 8.05. The Labute approximate surface area is 157 Å². The molecule has 0 aromatic heterocycles. The number of sulfonamides is 1. The first-order valence-electron chi connectivity index (χ1n) is 8.38. The van der Waals surface area contributed by atoms with Crippen LogP contribution in [-0.4, -0.2) is 50.3 Å². The Morgan fingerprint density at radius 1 is 1.37 bits per heavy atom. The number of aryl methyl sites for hydroxylation is 1. The third kappa shape index (κ3) is 5.27. The molecule has 1 atom stereocenters. The van der Waals surface area contributed by atoms with Gasteiger partial charge >= 0.3 is 5.97 Å². The molecule has 2 rings (SSSR count). The van der Waals surface area contributed by atoms with Crippen LogP contribution in [0, 0.1) is 12.8 Å². The van der Waals surface area contributed by atoms with E-state index in [1.54, 1.807) is 11.8 Å². The van der Waals surface area contributed by atoms with Crippen molar-refractivity contribution in [3.63, 3.8) is 0 Å². The number of likely N-dealkylation sites (tertiary alicyclic amines) is 1. The molecule has 0 bridgehead atoms. The fraction of sp³-hybridized carbons (Fsp3) is 0.471.